The quantitative estimate of drug-likeness (QED) is 0.427. The number of rotatable bonds is 4. The predicted molar refractivity (Wildman–Crippen MR) is 83.4 cm³/mol. The van der Waals surface area contributed by atoms with Gasteiger partial charge in [-0.2, -0.15) is 19.5 Å². The van der Waals surface area contributed by atoms with E-state index in [-0.39, 0.29) is 23.2 Å². The highest BCUT2D eigenvalue weighted by molar-refractivity contribution is 7.98. The molecular formula is C12H11N7O3S. The molecule has 3 rings (SSSR count). The predicted octanol–water partition coefficient (Wildman–Crippen LogP) is 1.41. The number of nitro benzene ring substituents is 1. The first-order valence-corrected chi connectivity index (χ1v) is 7.52. The van der Waals surface area contributed by atoms with E-state index < -0.39 is 4.92 Å². The van der Waals surface area contributed by atoms with Crippen molar-refractivity contribution in [2.45, 2.75) is 5.16 Å². The molecule has 10 nitrogen and oxygen atoms in total. The van der Waals surface area contributed by atoms with Gasteiger partial charge in [0, 0.05) is 11.6 Å². The fourth-order valence-corrected chi connectivity index (χ4v) is 2.29. The minimum absolute atomic E-state index is 0.123. The summed E-state index contributed by atoms with van der Waals surface area (Å²) in [6, 6.07) is 4.27. The summed E-state index contributed by atoms with van der Waals surface area (Å²) in [6.07, 6.45) is 1.81. The van der Waals surface area contributed by atoms with E-state index in [1.54, 1.807) is 6.07 Å². The minimum Gasteiger partial charge on any atom is -0.496 e. The molecule has 0 saturated carbocycles. The van der Waals surface area contributed by atoms with Crippen molar-refractivity contribution in [3.63, 3.8) is 0 Å². The van der Waals surface area contributed by atoms with Crippen LogP contribution in [0.3, 0.4) is 0 Å². The van der Waals surface area contributed by atoms with Crippen LogP contribution in [0.2, 0.25) is 0 Å². The third-order valence-corrected chi connectivity index (χ3v) is 3.54. The molecule has 0 atom stereocenters. The molecule has 0 aliphatic carbocycles. The standard InChI is InChI=1S/C12H11N7O3S/c1-22-8-4-6(3-7(5-8)19(20)21)9-14-11-16-12(23-2)15-10(13)18(11)17-9/h3-5H,1-2H3,(H2,13,14,15,16,17). The summed E-state index contributed by atoms with van der Waals surface area (Å²) in [7, 11) is 1.42. The van der Waals surface area contributed by atoms with Crippen LogP contribution in [0.4, 0.5) is 11.6 Å². The molecule has 0 amide bonds. The third-order valence-electron chi connectivity index (χ3n) is 2.99. The van der Waals surface area contributed by atoms with Gasteiger partial charge in [0.05, 0.1) is 18.1 Å². The number of hydrogen-bond acceptors (Lipinski definition) is 9. The van der Waals surface area contributed by atoms with Crippen LogP contribution in [0.1, 0.15) is 0 Å². The smallest absolute Gasteiger partial charge is 0.273 e. The van der Waals surface area contributed by atoms with Gasteiger partial charge in [0.1, 0.15) is 5.75 Å². The number of non-ortho nitro benzene ring substituents is 1. The summed E-state index contributed by atoms with van der Waals surface area (Å²) in [5.74, 6) is 0.973. The molecule has 118 valence electrons. The highest BCUT2D eigenvalue weighted by Crippen LogP contribution is 2.28. The molecule has 11 heteroatoms. The Morgan fingerprint density at radius 3 is 2.74 bits per heavy atom. The molecule has 0 aliphatic heterocycles. The van der Waals surface area contributed by atoms with Crippen LogP contribution >= 0.6 is 11.8 Å². The maximum Gasteiger partial charge on any atom is 0.273 e. The van der Waals surface area contributed by atoms with Crippen molar-refractivity contribution in [1.82, 2.24) is 24.6 Å². The van der Waals surface area contributed by atoms with Crippen molar-refractivity contribution in [3.8, 4) is 17.1 Å². The topological polar surface area (TPSA) is 134 Å². The number of anilines is 1. The number of ether oxygens (including phenoxy) is 1. The second-order valence-electron chi connectivity index (χ2n) is 4.39. The molecule has 0 saturated heterocycles. The van der Waals surface area contributed by atoms with Crippen LogP contribution in [-0.4, -0.2) is 42.9 Å². The lowest BCUT2D eigenvalue weighted by atomic mass is 10.2. The van der Waals surface area contributed by atoms with Crippen LogP contribution in [0.25, 0.3) is 17.2 Å². The highest BCUT2D eigenvalue weighted by Gasteiger charge is 2.16. The van der Waals surface area contributed by atoms with Gasteiger partial charge in [-0.15, -0.1) is 5.10 Å². The molecule has 2 aromatic heterocycles. The second kappa shape index (κ2) is 5.68. The van der Waals surface area contributed by atoms with Gasteiger partial charge in [0.2, 0.25) is 5.95 Å². The Morgan fingerprint density at radius 1 is 1.30 bits per heavy atom. The number of nitrogen functional groups attached to an aromatic ring is 1. The first kappa shape index (κ1) is 15.0. The largest absolute Gasteiger partial charge is 0.496 e. The number of aromatic nitrogens is 5. The lowest BCUT2D eigenvalue weighted by molar-refractivity contribution is -0.384. The molecule has 0 aliphatic rings. The van der Waals surface area contributed by atoms with Gasteiger partial charge >= 0.3 is 0 Å². The van der Waals surface area contributed by atoms with Gasteiger partial charge < -0.3 is 10.5 Å². The van der Waals surface area contributed by atoms with Crippen molar-refractivity contribution < 1.29 is 9.66 Å². The Bertz CT molecular complexity index is 911. The van der Waals surface area contributed by atoms with Crippen LogP contribution < -0.4 is 10.5 Å². The number of nitrogens with zero attached hydrogens (tertiary/aromatic N) is 6. The van der Waals surface area contributed by atoms with Crippen LogP contribution in [0.5, 0.6) is 5.75 Å². The average Bonchev–Trinajstić information content (AvgIpc) is 2.98. The summed E-state index contributed by atoms with van der Waals surface area (Å²) in [6.45, 7) is 0. The third kappa shape index (κ3) is 2.73. The number of benzene rings is 1. The molecule has 3 aromatic rings. The van der Waals surface area contributed by atoms with E-state index in [9.17, 15) is 10.1 Å². The van der Waals surface area contributed by atoms with Crippen molar-refractivity contribution in [2.75, 3.05) is 19.1 Å². The molecular weight excluding hydrogens is 322 g/mol. The Morgan fingerprint density at radius 2 is 2.09 bits per heavy atom. The van der Waals surface area contributed by atoms with Crippen molar-refractivity contribution >= 4 is 29.2 Å². The summed E-state index contributed by atoms with van der Waals surface area (Å²) in [4.78, 5) is 23.0. The summed E-state index contributed by atoms with van der Waals surface area (Å²) < 4.78 is 6.36. The molecule has 2 N–H and O–H groups in total. The zero-order valence-electron chi connectivity index (χ0n) is 12.1. The normalized spacial score (nSPS) is 10.9. The Labute approximate surface area is 133 Å². The lowest BCUT2D eigenvalue weighted by Gasteiger charge is -2.02. The number of hydrogen-bond donors (Lipinski definition) is 1. The maximum atomic E-state index is 11.0. The summed E-state index contributed by atoms with van der Waals surface area (Å²) >= 11 is 1.32. The molecule has 0 unspecified atom stereocenters. The highest BCUT2D eigenvalue weighted by atomic mass is 32.2. The van der Waals surface area contributed by atoms with Crippen molar-refractivity contribution in [1.29, 1.82) is 0 Å². The Hall–Kier alpha value is -2.95. The van der Waals surface area contributed by atoms with Gasteiger partial charge in [-0.25, -0.2) is 0 Å². The van der Waals surface area contributed by atoms with E-state index in [2.05, 4.69) is 20.1 Å². The Balaban J connectivity index is 2.18. The van der Waals surface area contributed by atoms with Gasteiger partial charge in [-0.3, -0.25) is 10.1 Å². The van der Waals surface area contributed by atoms with E-state index >= 15 is 0 Å². The molecule has 0 spiro atoms. The van der Waals surface area contributed by atoms with Gasteiger partial charge in [0.25, 0.3) is 11.5 Å². The minimum atomic E-state index is -0.512. The number of nitro groups is 1. The van der Waals surface area contributed by atoms with Gasteiger partial charge in [-0.1, -0.05) is 11.8 Å². The van der Waals surface area contributed by atoms with Crippen molar-refractivity contribution in [3.05, 3.63) is 28.3 Å². The molecule has 2 heterocycles. The monoisotopic (exact) mass is 333 g/mol. The lowest BCUT2D eigenvalue weighted by Crippen LogP contribution is -2.04. The van der Waals surface area contributed by atoms with Crippen LogP contribution in [0.15, 0.2) is 23.4 Å². The van der Waals surface area contributed by atoms with E-state index in [0.29, 0.717) is 16.5 Å². The van der Waals surface area contributed by atoms with E-state index in [0.717, 1.165) is 0 Å². The number of nitrogens with two attached hydrogens (primary N) is 1. The first-order chi connectivity index (χ1) is 11.0. The van der Waals surface area contributed by atoms with Crippen LogP contribution in [0, 0.1) is 10.1 Å². The molecule has 23 heavy (non-hydrogen) atoms. The van der Waals surface area contributed by atoms with E-state index in [4.69, 9.17) is 10.5 Å². The zero-order chi connectivity index (χ0) is 16.6. The van der Waals surface area contributed by atoms with E-state index in [1.807, 2.05) is 6.26 Å². The molecule has 0 radical (unpaired) electrons. The first-order valence-electron chi connectivity index (χ1n) is 6.30. The summed E-state index contributed by atoms with van der Waals surface area (Å²) in [5, 5.41) is 15.7. The fraction of sp³-hybridized carbons (Fsp3) is 0.167. The fourth-order valence-electron chi connectivity index (χ4n) is 1.94. The number of thioether (sulfide) groups is 1. The van der Waals surface area contributed by atoms with Gasteiger partial charge in [-0.05, 0) is 12.3 Å². The Kier molecular flexibility index (Phi) is 3.70. The molecule has 1 aromatic carbocycles. The van der Waals surface area contributed by atoms with Crippen molar-refractivity contribution in [2.24, 2.45) is 0 Å². The van der Waals surface area contributed by atoms with E-state index in [1.165, 1.54) is 35.5 Å². The second-order valence-corrected chi connectivity index (χ2v) is 5.17. The molecule has 0 bridgehead atoms. The van der Waals surface area contributed by atoms with Gasteiger partial charge in [0.15, 0.2) is 11.0 Å². The maximum absolute atomic E-state index is 11.0. The summed E-state index contributed by atoms with van der Waals surface area (Å²) in [5.41, 5.74) is 6.12. The molecule has 0 fully saturated rings. The number of fused-ring (bicyclic) bond motifs is 1. The SMILES string of the molecule is COc1cc(-c2nc3nc(SC)nc(N)n3n2)cc([N+](=O)[O-])c1. The zero-order valence-corrected chi connectivity index (χ0v) is 12.9. The number of methoxy groups -OCH3 is 1. The average molecular weight is 333 g/mol. The van der Waals surface area contributed by atoms with Crippen LogP contribution in [-0.2, 0) is 0 Å².